The smallest absolute Gasteiger partial charge is 0.312 e. The van der Waals surface area contributed by atoms with Gasteiger partial charge in [-0.2, -0.15) is 4.98 Å². The van der Waals surface area contributed by atoms with Gasteiger partial charge >= 0.3 is 6.03 Å². The first-order chi connectivity index (χ1) is 9.70. The first-order valence-electron chi connectivity index (χ1n) is 6.48. The number of rotatable bonds is 6. The van der Waals surface area contributed by atoms with Crippen LogP contribution < -0.4 is 21.7 Å². The van der Waals surface area contributed by atoms with Gasteiger partial charge in [0.15, 0.2) is 0 Å². The summed E-state index contributed by atoms with van der Waals surface area (Å²) >= 11 is 0. The molecule has 2 rings (SSSR count). The minimum atomic E-state index is -0.535. The molecule has 0 aliphatic heterocycles. The Bertz CT molecular complexity index is 600. The summed E-state index contributed by atoms with van der Waals surface area (Å²) in [6.45, 7) is 3.71. The number of fused-ring (bicyclic) bond motifs is 1. The molecular formula is C13H18N6O. The van der Waals surface area contributed by atoms with Crippen molar-refractivity contribution in [3.63, 3.8) is 0 Å². The summed E-state index contributed by atoms with van der Waals surface area (Å²) < 4.78 is 0. The number of hydrogen-bond donors (Lipinski definition) is 4. The molecule has 0 fully saturated rings. The minimum Gasteiger partial charge on any atom is -0.368 e. The zero-order valence-corrected chi connectivity index (χ0v) is 11.3. The van der Waals surface area contributed by atoms with E-state index in [0.717, 1.165) is 23.3 Å². The van der Waals surface area contributed by atoms with Gasteiger partial charge in [-0.1, -0.05) is 12.1 Å². The third-order valence-corrected chi connectivity index (χ3v) is 2.65. The van der Waals surface area contributed by atoms with Crippen LogP contribution >= 0.6 is 0 Å². The van der Waals surface area contributed by atoms with Crippen molar-refractivity contribution in [2.24, 2.45) is 5.73 Å². The van der Waals surface area contributed by atoms with E-state index in [1.807, 2.05) is 31.2 Å². The number of anilines is 2. The predicted molar refractivity (Wildman–Crippen MR) is 79.8 cm³/mol. The van der Waals surface area contributed by atoms with E-state index >= 15 is 0 Å². The SMILES string of the molecule is CCNc1nc(NCCNC(N)=O)c2ccccc2n1. The summed E-state index contributed by atoms with van der Waals surface area (Å²) in [7, 11) is 0. The van der Waals surface area contributed by atoms with Crippen molar-refractivity contribution < 1.29 is 4.79 Å². The van der Waals surface area contributed by atoms with Gasteiger partial charge in [-0.25, -0.2) is 9.78 Å². The Morgan fingerprint density at radius 3 is 2.75 bits per heavy atom. The quantitative estimate of drug-likeness (QED) is 0.591. The summed E-state index contributed by atoms with van der Waals surface area (Å²) in [5, 5.41) is 9.74. The molecule has 0 radical (unpaired) electrons. The number of carbonyl (C=O) groups excluding carboxylic acids is 1. The van der Waals surface area contributed by atoms with Gasteiger partial charge in [0, 0.05) is 25.0 Å². The average Bonchev–Trinajstić information content (AvgIpc) is 2.43. The maximum Gasteiger partial charge on any atom is 0.312 e. The molecule has 0 bridgehead atoms. The van der Waals surface area contributed by atoms with Crippen molar-refractivity contribution in [1.82, 2.24) is 15.3 Å². The number of nitrogens with two attached hydrogens (primary N) is 1. The first-order valence-corrected chi connectivity index (χ1v) is 6.48. The van der Waals surface area contributed by atoms with E-state index in [9.17, 15) is 4.79 Å². The zero-order chi connectivity index (χ0) is 14.4. The number of aromatic nitrogens is 2. The van der Waals surface area contributed by atoms with Crippen LogP contribution in [0.5, 0.6) is 0 Å². The van der Waals surface area contributed by atoms with Crippen LogP contribution in [0.3, 0.4) is 0 Å². The Labute approximate surface area is 117 Å². The number of benzene rings is 1. The predicted octanol–water partition coefficient (Wildman–Crippen LogP) is 1.14. The van der Waals surface area contributed by atoms with Gasteiger partial charge in [-0.15, -0.1) is 0 Å². The third-order valence-electron chi connectivity index (χ3n) is 2.65. The molecule has 7 heteroatoms. The van der Waals surface area contributed by atoms with Gasteiger partial charge in [0.05, 0.1) is 5.52 Å². The Kier molecular flexibility index (Phi) is 4.54. The van der Waals surface area contributed by atoms with Gasteiger partial charge in [0.25, 0.3) is 0 Å². The van der Waals surface area contributed by atoms with Gasteiger partial charge in [-0.05, 0) is 19.1 Å². The number of primary amides is 1. The van der Waals surface area contributed by atoms with Crippen LogP contribution in [0.15, 0.2) is 24.3 Å². The summed E-state index contributed by atoms with van der Waals surface area (Å²) in [5.74, 6) is 1.31. The topological polar surface area (TPSA) is 105 Å². The second-order valence-electron chi connectivity index (χ2n) is 4.16. The highest BCUT2D eigenvalue weighted by atomic mass is 16.2. The summed E-state index contributed by atoms with van der Waals surface area (Å²) in [5.41, 5.74) is 5.88. The lowest BCUT2D eigenvalue weighted by Gasteiger charge is -2.11. The summed E-state index contributed by atoms with van der Waals surface area (Å²) in [6.07, 6.45) is 0. The Balaban J connectivity index is 2.18. The van der Waals surface area contributed by atoms with Crippen LogP contribution in [0.2, 0.25) is 0 Å². The first kappa shape index (κ1) is 13.9. The van der Waals surface area contributed by atoms with E-state index in [1.54, 1.807) is 0 Å². The largest absolute Gasteiger partial charge is 0.368 e. The molecule has 0 aliphatic rings. The Morgan fingerprint density at radius 2 is 2.00 bits per heavy atom. The molecular weight excluding hydrogens is 256 g/mol. The van der Waals surface area contributed by atoms with E-state index in [-0.39, 0.29) is 0 Å². The molecule has 0 aliphatic carbocycles. The maximum absolute atomic E-state index is 10.6. The standard InChI is InChI=1S/C13H18N6O/c1-2-15-13-18-10-6-4-3-5-9(10)11(19-13)16-7-8-17-12(14)20/h3-6H,2,7-8H2,1H3,(H3,14,17,20)(H2,15,16,18,19). The highest BCUT2D eigenvalue weighted by Crippen LogP contribution is 2.21. The average molecular weight is 274 g/mol. The van der Waals surface area contributed by atoms with Gasteiger partial charge in [0.1, 0.15) is 5.82 Å². The normalized spacial score (nSPS) is 10.2. The molecule has 0 atom stereocenters. The van der Waals surface area contributed by atoms with Crippen LogP contribution in [0.4, 0.5) is 16.6 Å². The molecule has 1 aromatic heterocycles. The van der Waals surface area contributed by atoms with Crippen LogP contribution in [0.25, 0.3) is 10.9 Å². The maximum atomic E-state index is 10.6. The molecule has 106 valence electrons. The van der Waals surface area contributed by atoms with Crippen LogP contribution in [0.1, 0.15) is 6.92 Å². The van der Waals surface area contributed by atoms with Crippen molar-refractivity contribution in [1.29, 1.82) is 0 Å². The van der Waals surface area contributed by atoms with Gasteiger partial charge < -0.3 is 21.7 Å². The molecule has 1 aromatic carbocycles. The fourth-order valence-electron chi connectivity index (χ4n) is 1.82. The number of para-hydroxylation sites is 1. The Morgan fingerprint density at radius 1 is 1.20 bits per heavy atom. The van der Waals surface area contributed by atoms with Gasteiger partial charge in [0.2, 0.25) is 5.95 Å². The highest BCUT2D eigenvalue weighted by Gasteiger charge is 2.06. The van der Waals surface area contributed by atoms with E-state index in [1.165, 1.54) is 0 Å². The third kappa shape index (κ3) is 3.47. The molecule has 20 heavy (non-hydrogen) atoms. The van der Waals surface area contributed by atoms with Crippen molar-refractivity contribution in [3.05, 3.63) is 24.3 Å². The number of hydrogen-bond acceptors (Lipinski definition) is 5. The molecule has 0 spiro atoms. The van der Waals surface area contributed by atoms with E-state index in [0.29, 0.717) is 19.0 Å². The molecule has 0 saturated carbocycles. The number of urea groups is 1. The van der Waals surface area contributed by atoms with Crippen LogP contribution in [-0.4, -0.2) is 35.6 Å². The van der Waals surface area contributed by atoms with Crippen molar-refractivity contribution in [2.45, 2.75) is 6.92 Å². The van der Waals surface area contributed by atoms with E-state index in [4.69, 9.17) is 5.73 Å². The Hall–Kier alpha value is -2.57. The van der Waals surface area contributed by atoms with Gasteiger partial charge in [-0.3, -0.25) is 0 Å². The molecule has 7 nitrogen and oxygen atoms in total. The number of nitrogens with one attached hydrogen (secondary N) is 3. The number of amides is 2. The van der Waals surface area contributed by atoms with Crippen molar-refractivity contribution >= 4 is 28.7 Å². The lowest BCUT2D eigenvalue weighted by Crippen LogP contribution is -2.33. The van der Waals surface area contributed by atoms with Crippen LogP contribution in [0, 0.1) is 0 Å². The van der Waals surface area contributed by atoms with E-state index in [2.05, 4.69) is 25.9 Å². The molecule has 0 saturated heterocycles. The molecule has 5 N–H and O–H groups in total. The molecule has 2 aromatic rings. The number of nitrogens with zero attached hydrogens (tertiary/aromatic N) is 2. The fourth-order valence-corrected chi connectivity index (χ4v) is 1.82. The lowest BCUT2D eigenvalue weighted by molar-refractivity contribution is 0.249. The second-order valence-corrected chi connectivity index (χ2v) is 4.16. The molecule has 2 amide bonds. The zero-order valence-electron chi connectivity index (χ0n) is 11.3. The summed E-state index contributed by atoms with van der Waals surface area (Å²) in [6, 6.07) is 7.22. The lowest BCUT2D eigenvalue weighted by atomic mass is 10.2. The molecule has 0 unspecified atom stereocenters. The summed E-state index contributed by atoms with van der Waals surface area (Å²) in [4.78, 5) is 19.5. The minimum absolute atomic E-state index is 0.435. The second kappa shape index (κ2) is 6.55. The van der Waals surface area contributed by atoms with E-state index < -0.39 is 6.03 Å². The van der Waals surface area contributed by atoms with Crippen molar-refractivity contribution in [2.75, 3.05) is 30.3 Å². The van der Waals surface area contributed by atoms with Crippen LogP contribution in [-0.2, 0) is 0 Å². The monoisotopic (exact) mass is 274 g/mol. The molecule has 1 heterocycles. The van der Waals surface area contributed by atoms with Crippen molar-refractivity contribution in [3.8, 4) is 0 Å². The highest BCUT2D eigenvalue weighted by molar-refractivity contribution is 5.90. The number of carbonyl (C=O) groups is 1. The fraction of sp³-hybridized carbons (Fsp3) is 0.308.